The van der Waals surface area contributed by atoms with Crippen LogP contribution in [-0.4, -0.2) is 38.1 Å². The van der Waals surface area contributed by atoms with Gasteiger partial charge >= 0.3 is 6.18 Å². The number of hydrogen-bond acceptors (Lipinski definition) is 6. The number of carbonyl (C=O) groups is 2. The first-order valence-electron chi connectivity index (χ1n) is 10.9. The van der Waals surface area contributed by atoms with Crippen LogP contribution in [0.4, 0.5) is 18.9 Å². The summed E-state index contributed by atoms with van der Waals surface area (Å²) in [7, 11) is 4.26. The number of hydrogen-bond donors (Lipinski definition) is 1. The van der Waals surface area contributed by atoms with Crippen LogP contribution in [0.1, 0.15) is 22.7 Å². The normalized spacial score (nSPS) is 17.1. The lowest BCUT2D eigenvalue weighted by atomic mass is 9.94. The molecule has 4 rings (SSSR count). The number of halogens is 3. The molecule has 0 aromatic heterocycles. The minimum atomic E-state index is -4.68. The van der Waals surface area contributed by atoms with Crippen molar-refractivity contribution in [1.82, 2.24) is 0 Å². The zero-order chi connectivity index (χ0) is 26.9. The minimum Gasteiger partial charge on any atom is -0.507 e. The Morgan fingerprint density at radius 3 is 2.11 bits per heavy atom. The van der Waals surface area contributed by atoms with Crippen LogP contribution in [0.15, 0.2) is 72.3 Å². The summed E-state index contributed by atoms with van der Waals surface area (Å²) in [6.07, 6.45) is -4.68. The summed E-state index contributed by atoms with van der Waals surface area (Å²) in [4.78, 5) is 27.5. The Bertz CT molecular complexity index is 1380. The van der Waals surface area contributed by atoms with E-state index in [2.05, 4.69) is 0 Å². The molecule has 7 nitrogen and oxygen atoms in total. The highest BCUT2D eigenvalue weighted by Crippen LogP contribution is 2.46. The molecule has 0 aliphatic carbocycles. The van der Waals surface area contributed by atoms with E-state index in [0.717, 1.165) is 23.1 Å². The summed E-state index contributed by atoms with van der Waals surface area (Å²) in [5.41, 5.74) is -1.01. The molecule has 1 aliphatic rings. The number of ketones is 1. The zero-order valence-electron chi connectivity index (χ0n) is 20.0. The van der Waals surface area contributed by atoms with Crippen LogP contribution in [0.25, 0.3) is 5.76 Å². The molecule has 0 unspecified atom stereocenters. The van der Waals surface area contributed by atoms with Gasteiger partial charge in [-0.3, -0.25) is 14.5 Å². The fraction of sp³-hybridized carbons (Fsp3) is 0.185. The smallest absolute Gasteiger partial charge is 0.416 e. The van der Waals surface area contributed by atoms with Crippen molar-refractivity contribution in [3.05, 3.63) is 89.0 Å². The van der Waals surface area contributed by atoms with Crippen LogP contribution >= 0.6 is 0 Å². The highest BCUT2D eigenvalue weighted by Gasteiger charge is 2.48. The number of ether oxygens (including phenoxy) is 3. The molecule has 0 radical (unpaired) electrons. The van der Waals surface area contributed by atoms with Crippen molar-refractivity contribution < 1.29 is 42.1 Å². The van der Waals surface area contributed by atoms with Gasteiger partial charge in [0.2, 0.25) is 0 Å². The third-order valence-corrected chi connectivity index (χ3v) is 5.99. The maximum absolute atomic E-state index is 13.5. The number of Topliss-reactive ketones (excluding diaryl/α,β-unsaturated/α-hetero) is 1. The van der Waals surface area contributed by atoms with Crippen molar-refractivity contribution in [2.75, 3.05) is 26.2 Å². The predicted octanol–water partition coefficient (Wildman–Crippen LogP) is 5.36. The molecule has 0 saturated carbocycles. The maximum Gasteiger partial charge on any atom is 0.416 e. The van der Waals surface area contributed by atoms with Crippen LogP contribution in [0.3, 0.4) is 0 Å². The second kappa shape index (κ2) is 9.88. The lowest BCUT2D eigenvalue weighted by Crippen LogP contribution is -2.30. The van der Waals surface area contributed by atoms with Crippen molar-refractivity contribution in [2.45, 2.75) is 12.2 Å². The number of carbonyl (C=O) groups excluding carboxylic acids is 2. The number of aliphatic hydroxyl groups is 1. The maximum atomic E-state index is 13.5. The number of anilines is 1. The minimum absolute atomic E-state index is 0.173. The number of benzene rings is 3. The van der Waals surface area contributed by atoms with Gasteiger partial charge in [0.1, 0.15) is 23.0 Å². The molecule has 0 bridgehead atoms. The molecule has 10 heteroatoms. The molecule has 1 fully saturated rings. The van der Waals surface area contributed by atoms with E-state index in [-0.39, 0.29) is 28.1 Å². The average Bonchev–Trinajstić information content (AvgIpc) is 3.17. The molecule has 1 aliphatic heterocycles. The van der Waals surface area contributed by atoms with Crippen LogP contribution in [0.2, 0.25) is 0 Å². The quantitative estimate of drug-likeness (QED) is 0.272. The van der Waals surface area contributed by atoms with Gasteiger partial charge in [0.25, 0.3) is 11.7 Å². The largest absolute Gasteiger partial charge is 0.507 e. The topological polar surface area (TPSA) is 85.3 Å². The van der Waals surface area contributed by atoms with Crippen LogP contribution in [0.5, 0.6) is 17.2 Å². The fourth-order valence-electron chi connectivity index (χ4n) is 4.17. The van der Waals surface area contributed by atoms with Crippen LogP contribution < -0.4 is 19.1 Å². The number of alkyl halides is 3. The van der Waals surface area contributed by atoms with E-state index in [0.29, 0.717) is 11.5 Å². The van der Waals surface area contributed by atoms with Gasteiger partial charge in [-0.25, -0.2) is 0 Å². The SMILES string of the molecule is COc1ccc(C(O)=C2C(=O)C(=O)N(c3cccc(C(F)(F)F)c3)[C@H]2c2ccc(OC)cc2OC)cc1. The number of nitrogens with zero attached hydrogens (tertiary/aromatic N) is 1. The average molecular weight is 513 g/mol. The lowest BCUT2D eigenvalue weighted by molar-refractivity contribution is -0.137. The summed E-state index contributed by atoms with van der Waals surface area (Å²) in [6.45, 7) is 0. The predicted molar refractivity (Wildman–Crippen MR) is 129 cm³/mol. The van der Waals surface area contributed by atoms with Gasteiger partial charge in [0.05, 0.1) is 38.5 Å². The van der Waals surface area contributed by atoms with Crippen molar-refractivity contribution in [3.8, 4) is 17.2 Å². The first-order valence-corrected chi connectivity index (χ1v) is 10.9. The Labute approximate surface area is 210 Å². The molecule has 3 aromatic carbocycles. The number of rotatable bonds is 6. The molecular weight excluding hydrogens is 491 g/mol. The van der Waals surface area contributed by atoms with E-state index in [9.17, 15) is 27.9 Å². The van der Waals surface area contributed by atoms with Crippen molar-refractivity contribution in [3.63, 3.8) is 0 Å². The summed E-state index contributed by atoms with van der Waals surface area (Å²) in [6, 6.07) is 13.5. The zero-order valence-corrected chi connectivity index (χ0v) is 20.0. The molecule has 1 N–H and O–H groups in total. The second-order valence-electron chi connectivity index (χ2n) is 8.05. The Kier molecular flexibility index (Phi) is 6.84. The highest BCUT2D eigenvalue weighted by atomic mass is 19.4. The van der Waals surface area contributed by atoms with Gasteiger partial charge in [0, 0.05) is 22.9 Å². The molecule has 3 aromatic rings. The van der Waals surface area contributed by atoms with Crippen molar-refractivity contribution >= 4 is 23.1 Å². The molecule has 1 amide bonds. The number of amides is 1. The van der Waals surface area contributed by atoms with Gasteiger partial charge in [-0.1, -0.05) is 6.07 Å². The van der Waals surface area contributed by atoms with E-state index in [1.54, 1.807) is 18.2 Å². The Hall–Kier alpha value is -4.47. The van der Waals surface area contributed by atoms with Gasteiger partial charge in [-0.05, 0) is 54.6 Å². The van der Waals surface area contributed by atoms with E-state index < -0.39 is 35.2 Å². The molecule has 37 heavy (non-hydrogen) atoms. The third kappa shape index (κ3) is 4.69. The second-order valence-corrected chi connectivity index (χ2v) is 8.05. The number of methoxy groups -OCH3 is 3. The summed E-state index contributed by atoms with van der Waals surface area (Å²) >= 11 is 0. The molecule has 1 heterocycles. The Balaban J connectivity index is 1.98. The van der Waals surface area contributed by atoms with Gasteiger partial charge in [-0.2, -0.15) is 13.2 Å². The third-order valence-electron chi connectivity index (χ3n) is 5.99. The Morgan fingerprint density at radius 2 is 1.51 bits per heavy atom. The number of aliphatic hydroxyl groups excluding tert-OH is 1. The summed E-state index contributed by atoms with van der Waals surface area (Å²) in [5, 5.41) is 11.2. The van der Waals surface area contributed by atoms with Crippen molar-refractivity contribution in [1.29, 1.82) is 0 Å². The monoisotopic (exact) mass is 513 g/mol. The van der Waals surface area contributed by atoms with E-state index in [4.69, 9.17) is 14.2 Å². The lowest BCUT2D eigenvalue weighted by Gasteiger charge is -2.27. The molecule has 1 saturated heterocycles. The standard InChI is InChI=1S/C27H22F3NO6/c1-35-18-9-7-15(8-10-18)24(32)22-23(20-12-11-19(36-2)14-21(20)37-3)31(26(34)25(22)33)17-6-4-5-16(13-17)27(28,29)30/h4-14,23,32H,1-3H3/t23-/m0/s1. The van der Waals surface area contributed by atoms with Crippen molar-refractivity contribution in [2.24, 2.45) is 0 Å². The molecule has 192 valence electrons. The van der Waals surface area contributed by atoms with E-state index in [1.807, 2.05) is 0 Å². The van der Waals surface area contributed by atoms with Gasteiger partial charge in [-0.15, -0.1) is 0 Å². The van der Waals surface area contributed by atoms with Gasteiger partial charge in [0.15, 0.2) is 0 Å². The summed E-state index contributed by atoms with van der Waals surface area (Å²) < 4.78 is 56.2. The first kappa shape index (κ1) is 25.6. The Morgan fingerprint density at radius 1 is 0.865 bits per heavy atom. The fourth-order valence-corrected chi connectivity index (χ4v) is 4.17. The first-order chi connectivity index (χ1) is 17.6. The molecular formula is C27H22F3NO6. The molecule has 0 spiro atoms. The summed E-state index contributed by atoms with van der Waals surface area (Å²) in [5.74, 6) is -1.56. The van der Waals surface area contributed by atoms with E-state index in [1.165, 1.54) is 51.7 Å². The van der Waals surface area contributed by atoms with E-state index >= 15 is 0 Å². The van der Waals surface area contributed by atoms with Crippen LogP contribution in [0, 0.1) is 0 Å². The highest BCUT2D eigenvalue weighted by molar-refractivity contribution is 6.51. The van der Waals surface area contributed by atoms with Crippen LogP contribution in [-0.2, 0) is 15.8 Å². The van der Waals surface area contributed by atoms with Gasteiger partial charge < -0.3 is 19.3 Å². The molecule has 1 atom stereocenters.